The molecule has 1 atom stereocenters. The van der Waals surface area contributed by atoms with E-state index in [1.165, 1.54) is 0 Å². The van der Waals surface area contributed by atoms with Crippen molar-refractivity contribution in [3.05, 3.63) is 23.4 Å². The Bertz CT molecular complexity index is 259. The molecular weight excluding hydrogens is 198 g/mol. The maximum Gasteiger partial charge on any atom is 0.125 e. The van der Waals surface area contributed by atoms with Crippen LogP contribution in [0.5, 0.6) is 0 Å². The number of nitrogens with two attached hydrogens (primary N) is 1. The molecule has 1 aromatic heterocycles. The smallest absolute Gasteiger partial charge is 0.125 e. The highest BCUT2D eigenvalue weighted by Crippen LogP contribution is 2.09. The molecule has 0 fully saturated rings. The highest BCUT2D eigenvalue weighted by atomic mass is 35.5. The van der Waals surface area contributed by atoms with Gasteiger partial charge in [0.2, 0.25) is 0 Å². The van der Waals surface area contributed by atoms with Crippen LogP contribution in [0.3, 0.4) is 0 Å². The largest absolute Gasteiger partial charge is 0.370 e. The molecule has 0 aliphatic rings. The van der Waals surface area contributed by atoms with Crippen molar-refractivity contribution in [3.63, 3.8) is 0 Å². The first kappa shape index (κ1) is 11.3. The van der Waals surface area contributed by atoms with E-state index in [4.69, 9.17) is 17.3 Å². The fourth-order valence-electron chi connectivity index (χ4n) is 1.12. The van der Waals surface area contributed by atoms with E-state index in [-0.39, 0.29) is 6.04 Å². The lowest BCUT2D eigenvalue weighted by Gasteiger charge is -2.06. The maximum absolute atomic E-state index is 5.71. The highest BCUT2D eigenvalue weighted by Gasteiger charge is 1.95. The molecule has 0 aliphatic heterocycles. The molecule has 0 saturated heterocycles. The van der Waals surface area contributed by atoms with E-state index in [0.29, 0.717) is 5.02 Å². The average Bonchev–Trinajstić information content (AvgIpc) is 2.15. The van der Waals surface area contributed by atoms with Gasteiger partial charge in [0.05, 0.1) is 5.02 Å². The van der Waals surface area contributed by atoms with Gasteiger partial charge < -0.3 is 11.1 Å². The van der Waals surface area contributed by atoms with E-state index >= 15 is 0 Å². The molecule has 0 amide bonds. The molecule has 1 aromatic rings. The monoisotopic (exact) mass is 213 g/mol. The Morgan fingerprint density at radius 1 is 1.57 bits per heavy atom. The second-order valence-corrected chi connectivity index (χ2v) is 3.84. The zero-order valence-corrected chi connectivity index (χ0v) is 9.09. The van der Waals surface area contributed by atoms with E-state index in [1.807, 2.05) is 19.1 Å². The van der Waals surface area contributed by atoms with Gasteiger partial charge >= 0.3 is 0 Å². The Morgan fingerprint density at radius 2 is 2.36 bits per heavy atom. The first-order chi connectivity index (χ1) is 6.68. The van der Waals surface area contributed by atoms with Crippen LogP contribution in [0.25, 0.3) is 0 Å². The van der Waals surface area contributed by atoms with Crippen LogP contribution in [0, 0.1) is 0 Å². The van der Waals surface area contributed by atoms with Crippen molar-refractivity contribution in [1.82, 2.24) is 4.98 Å². The van der Waals surface area contributed by atoms with E-state index in [2.05, 4.69) is 10.3 Å². The van der Waals surface area contributed by atoms with Crippen LogP contribution in [0.2, 0.25) is 5.02 Å². The van der Waals surface area contributed by atoms with Crippen molar-refractivity contribution in [2.75, 3.05) is 11.9 Å². The summed E-state index contributed by atoms with van der Waals surface area (Å²) >= 11 is 5.71. The summed E-state index contributed by atoms with van der Waals surface area (Å²) in [5.74, 6) is 0.860. The third kappa shape index (κ3) is 4.44. The lowest BCUT2D eigenvalue weighted by Crippen LogP contribution is -2.16. The molecule has 3 nitrogen and oxygen atoms in total. The van der Waals surface area contributed by atoms with Gasteiger partial charge in [0.15, 0.2) is 0 Å². The Kier molecular flexibility index (Phi) is 4.70. The highest BCUT2D eigenvalue weighted by molar-refractivity contribution is 6.30. The third-order valence-electron chi connectivity index (χ3n) is 1.87. The van der Waals surface area contributed by atoms with Gasteiger partial charge in [0.1, 0.15) is 5.82 Å². The number of hydrogen-bond donors (Lipinski definition) is 2. The van der Waals surface area contributed by atoms with E-state index in [0.717, 1.165) is 25.2 Å². The summed E-state index contributed by atoms with van der Waals surface area (Å²) in [6.45, 7) is 2.91. The van der Waals surface area contributed by atoms with Crippen LogP contribution in [0.4, 0.5) is 5.82 Å². The van der Waals surface area contributed by atoms with Crippen LogP contribution in [-0.4, -0.2) is 17.6 Å². The number of hydrogen-bond acceptors (Lipinski definition) is 3. The predicted molar refractivity (Wildman–Crippen MR) is 60.6 cm³/mol. The number of nitrogens with zero attached hydrogens (tertiary/aromatic N) is 1. The first-order valence-electron chi connectivity index (χ1n) is 4.79. The Hall–Kier alpha value is -0.800. The van der Waals surface area contributed by atoms with Crippen molar-refractivity contribution < 1.29 is 0 Å². The second kappa shape index (κ2) is 5.83. The van der Waals surface area contributed by atoms with Gasteiger partial charge in [-0.15, -0.1) is 0 Å². The lowest BCUT2D eigenvalue weighted by atomic mass is 10.2. The van der Waals surface area contributed by atoms with Crippen LogP contribution in [0.15, 0.2) is 18.3 Å². The van der Waals surface area contributed by atoms with Gasteiger partial charge in [-0.05, 0) is 31.9 Å². The maximum atomic E-state index is 5.71. The molecule has 1 heterocycles. The van der Waals surface area contributed by atoms with Crippen LogP contribution in [-0.2, 0) is 0 Å². The van der Waals surface area contributed by atoms with Gasteiger partial charge in [0, 0.05) is 18.8 Å². The number of aromatic nitrogens is 1. The number of anilines is 1. The molecule has 78 valence electrons. The summed E-state index contributed by atoms with van der Waals surface area (Å²) in [6, 6.07) is 3.96. The normalized spacial score (nSPS) is 12.5. The van der Waals surface area contributed by atoms with Gasteiger partial charge in [-0.1, -0.05) is 11.6 Å². The summed E-state index contributed by atoms with van der Waals surface area (Å²) in [5, 5.41) is 3.86. The molecular formula is C10H16ClN3. The summed E-state index contributed by atoms with van der Waals surface area (Å²) in [4.78, 5) is 4.12. The van der Waals surface area contributed by atoms with Crippen molar-refractivity contribution >= 4 is 17.4 Å². The van der Waals surface area contributed by atoms with Crippen molar-refractivity contribution in [1.29, 1.82) is 0 Å². The molecule has 0 bridgehead atoms. The van der Waals surface area contributed by atoms with Crippen molar-refractivity contribution in [3.8, 4) is 0 Å². The number of nitrogens with one attached hydrogen (secondary N) is 1. The van der Waals surface area contributed by atoms with Crippen LogP contribution in [0.1, 0.15) is 19.8 Å². The standard InChI is InChI=1S/C10H16ClN3/c1-8(12)3-2-6-13-10-5-4-9(11)7-14-10/h4-5,7-8H,2-3,6,12H2,1H3,(H,13,14). The first-order valence-corrected chi connectivity index (χ1v) is 5.17. The minimum Gasteiger partial charge on any atom is -0.370 e. The molecule has 0 aromatic carbocycles. The van der Waals surface area contributed by atoms with Gasteiger partial charge in [-0.2, -0.15) is 0 Å². The summed E-state index contributed by atoms with van der Waals surface area (Å²) in [5.41, 5.74) is 5.63. The topological polar surface area (TPSA) is 50.9 Å². The van der Waals surface area contributed by atoms with Crippen LogP contribution >= 0.6 is 11.6 Å². The van der Waals surface area contributed by atoms with Crippen molar-refractivity contribution in [2.45, 2.75) is 25.8 Å². The number of rotatable bonds is 5. The third-order valence-corrected chi connectivity index (χ3v) is 2.09. The van der Waals surface area contributed by atoms with E-state index < -0.39 is 0 Å². The van der Waals surface area contributed by atoms with Crippen LogP contribution < -0.4 is 11.1 Å². The molecule has 0 radical (unpaired) electrons. The fraction of sp³-hybridized carbons (Fsp3) is 0.500. The zero-order chi connectivity index (χ0) is 10.4. The molecule has 1 rings (SSSR count). The van der Waals surface area contributed by atoms with Gasteiger partial charge in [0.25, 0.3) is 0 Å². The number of halogens is 1. The molecule has 0 saturated carbocycles. The zero-order valence-electron chi connectivity index (χ0n) is 8.33. The summed E-state index contributed by atoms with van der Waals surface area (Å²) < 4.78 is 0. The number of pyridine rings is 1. The lowest BCUT2D eigenvalue weighted by molar-refractivity contribution is 0.639. The van der Waals surface area contributed by atoms with Gasteiger partial charge in [-0.3, -0.25) is 0 Å². The minimum atomic E-state index is 0.273. The Balaban J connectivity index is 2.21. The molecule has 3 N–H and O–H groups in total. The van der Waals surface area contributed by atoms with E-state index in [9.17, 15) is 0 Å². The van der Waals surface area contributed by atoms with E-state index in [1.54, 1.807) is 6.20 Å². The molecule has 4 heteroatoms. The Labute approximate surface area is 89.7 Å². The van der Waals surface area contributed by atoms with Gasteiger partial charge in [-0.25, -0.2) is 4.98 Å². The minimum absolute atomic E-state index is 0.273. The molecule has 0 spiro atoms. The fourth-order valence-corrected chi connectivity index (χ4v) is 1.23. The molecule has 0 aliphatic carbocycles. The SMILES string of the molecule is CC(N)CCCNc1ccc(Cl)cn1. The Morgan fingerprint density at radius 3 is 2.93 bits per heavy atom. The molecule has 14 heavy (non-hydrogen) atoms. The second-order valence-electron chi connectivity index (χ2n) is 3.41. The average molecular weight is 214 g/mol. The predicted octanol–water partition coefficient (Wildman–Crippen LogP) is 2.27. The summed E-state index contributed by atoms with van der Waals surface area (Å²) in [6.07, 6.45) is 3.72. The van der Waals surface area contributed by atoms with Crippen molar-refractivity contribution in [2.24, 2.45) is 5.73 Å². The quantitative estimate of drug-likeness (QED) is 0.738. The summed E-state index contributed by atoms with van der Waals surface area (Å²) in [7, 11) is 0. The molecule has 1 unspecified atom stereocenters.